The average molecular weight is 347 g/mol. The Hall–Kier alpha value is -3.81. The predicted octanol–water partition coefficient (Wildman–Crippen LogP) is 1.71. The van der Waals surface area contributed by atoms with Crippen molar-refractivity contribution in [3.05, 3.63) is 71.2 Å². The van der Waals surface area contributed by atoms with Gasteiger partial charge in [-0.1, -0.05) is 6.07 Å². The topological polar surface area (TPSA) is 106 Å². The fraction of sp³-hybridized carbons (Fsp3) is 0.0556. The van der Waals surface area contributed by atoms with Crippen molar-refractivity contribution in [2.24, 2.45) is 0 Å². The lowest BCUT2D eigenvalue weighted by Crippen LogP contribution is -2.19. The number of hydrogen-bond acceptors (Lipinski definition) is 5. The van der Waals surface area contributed by atoms with Crippen molar-refractivity contribution in [1.82, 2.24) is 20.1 Å². The van der Waals surface area contributed by atoms with Gasteiger partial charge in [-0.05, 0) is 37.3 Å². The minimum atomic E-state index is -0.472. The monoisotopic (exact) mass is 347 g/mol. The minimum Gasteiger partial charge on any atom is -0.322 e. The number of rotatable bonds is 3. The van der Waals surface area contributed by atoms with Crippen LogP contribution in [-0.2, 0) is 0 Å². The van der Waals surface area contributed by atoms with Gasteiger partial charge in [-0.25, -0.2) is 9.67 Å². The Bertz CT molecular complexity index is 1060. The van der Waals surface area contributed by atoms with Gasteiger partial charge in [-0.15, -0.1) is 0 Å². The number of anilines is 1. The Morgan fingerprint density at radius 2 is 1.92 bits per heavy atom. The number of benzene rings is 1. The van der Waals surface area contributed by atoms with E-state index < -0.39 is 11.8 Å². The largest absolute Gasteiger partial charge is 0.322 e. The third kappa shape index (κ3) is 2.53. The molecule has 26 heavy (non-hydrogen) atoms. The highest BCUT2D eigenvalue weighted by Crippen LogP contribution is 2.21. The second-order valence-corrected chi connectivity index (χ2v) is 5.74. The number of nitrogens with one attached hydrogen (secondary N) is 2. The Balaban J connectivity index is 1.60. The van der Waals surface area contributed by atoms with E-state index in [-0.39, 0.29) is 11.5 Å². The van der Waals surface area contributed by atoms with E-state index in [1.165, 1.54) is 18.3 Å². The van der Waals surface area contributed by atoms with Crippen molar-refractivity contribution >= 4 is 23.4 Å². The summed E-state index contributed by atoms with van der Waals surface area (Å²) in [4.78, 5) is 40.1. The van der Waals surface area contributed by atoms with Crippen LogP contribution < -0.4 is 10.6 Å². The molecule has 0 radical (unpaired) electrons. The first-order valence-corrected chi connectivity index (χ1v) is 7.81. The van der Waals surface area contributed by atoms with Crippen LogP contribution in [0.1, 0.15) is 36.8 Å². The highest BCUT2D eigenvalue weighted by molar-refractivity contribution is 6.22. The molecule has 128 valence electrons. The molecule has 8 nitrogen and oxygen atoms in total. The molecule has 0 unspecified atom stereocenters. The molecule has 2 aromatic heterocycles. The summed E-state index contributed by atoms with van der Waals surface area (Å²) in [5.74, 6) is -0.665. The van der Waals surface area contributed by atoms with Gasteiger partial charge in [-0.3, -0.25) is 19.7 Å². The summed E-state index contributed by atoms with van der Waals surface area (Å²) in [5.41, 5.74) is 1.98. The van der Waals surface area contributed by atoms with Crippen molar-refractivity contribution in [3.8, 4) is 5.82 Å². The standard InChI is InChI=1S/C18H13N5O3/c1-10-14(9-20-23(10)15-4-2-3-7-19-15)18(26)21-11-5-6-12-13(8-11)17(25)22-16(12)24/h2-9H,1H3,(H,21,26)(H,22,24,25). The lowest BCUT2D eigenvalue weighted by atomic mass is 10.1. The normalized spacial score (nSPS) is 12.7. The summed E-state index contributed by atoms with van der Waals surface area (Å²) in [7, 11) is 0. The summed E-state index contributed by atoms with van der Waals surface area (Å²) >= 11 is 0. The summed E-state index contributed by atoms with van der Waals surface area (Å²) in [6.07, 6.45) is 3.11. The predicted molar refractivity (Wildman–Crippen MR) is 92.3 cm³/mol. The zero-order chi connectivity index (χ0) is 18.3. The van der Waals surface area contributed by atoms with Crippen LogP contribution in [0.3, 0.4) is 0 Å². The van der Waals surface area contributed by atoms with Crippen LogP contribution >= 0.6 is 0 Å². The second kappa shape index (κ2) is 5.92. The molecule has 0 atom stereocenters. The average Bonchev–Trinajstić information content (AvgIpc) is 3.16. The number of amides is 3. The molecule has 8 heteroatoms. The Labute approximate surface area is 147 Å². The first kappa shape index (κ1) is 15.7. The lowest BCUT2D eigenvalue weighted by Gasteiger charge is -2.07. The van der Waals surface area contributed by atoms with Gasteiger partial charge in [0.15, 0.2) is 5.82 Å². The van der Waals surface area contributed by atoms with Crippen LogP contribution in [0.15, 0.2) is 48.8 Å². The van der Waals surface area contributed by atoms with Crippen LogP contribution in [0.5, 0.6) is 0 Å². The van der Waals surface area contributed by atoms with Crippen LogP contribution in [0.4, 0.5) is 5.69 Å². The van der Waals surface area contributed by atoms with Crippen LogP contribution in [0.25, 0.3) is 5.82 Å². The summed E-state index contributed by atoms with van der Waals surface area (Å²) in [6, 6.07) is 9.98. The SMILES string of the molecule is Cc1c(C(=O)Nc2ccc3c(c2)C(=O)NC3=O)cnn1-c1ccccn1. The summed E-state index contributed by atoms with van der Waals surface area (Å²) in [5, 5.41) is 9.15. The van der Waals surface area contributed by atoms with E-state index in [1.54, 1.807) is 36.0 Å². The van der Waals surface area contributed by atoms with E-state index in [0.29, 0.717) is 28.3 Å². The van der Waals surface area contributed by atoms with Gasteiger partial charge >= 0.3 is 0 Å². The number of carbonyl (C=O) groups excluding carboxylic acids is 3. The van der Waals surface area contributed by atoms with Gasteiger partial charge in [0.05, 0.1) is 28.6 Å². The molecule has 0 spiro atoms. The first-order chi connectivity index (χ1) is 12.5. The van der Waals surface area contributed by atoms with Crippen molar-refractivity contribution < 1.29 is 14.4 Å². The molecular formula is C18H13N5O3. The van der Waals surface area contributed by atoms with Crippen molar-refractivity contribution in [2.75, 3.05) is 5.32 Å². The maximum absolute atomic E-state index is 12.6. The second-order valence-electron chi connectivity index (χ2n) is 5.74. The number of hydrogen-bond donors (Lipinski definition) is 2. The van der Waals surface area contributed by atoms with E-state index in [1.807, 2.05) is 6.07 Å². The molecule has 1 aliphatic heterocycles. The maximum atomic E-state index is 12.6. The molecule has 0 aliphatic carbocycles. The van der Waals surface area contributed by atoms with Gasteiger partial charge in [0.1, 0.15) is 0 Å². The molecule has 0 saturated heterocycles. The Kier molecular flexibility index (Phi) is 3.58. The van der Waals surface area contributed by atoms with E-state index in [4.69, 9.17) is 0 Å². The maximum Gasteiger partial charge on any atom is 0.259 e. The zero-order valence-electron chi connectivity index (χ0n) is 13.7. The molecule has 0 saturated carbocycles. The van der Waals surface area contributed by atoms with Gasteiger partial charge in [0, 0.05) is 11.9 Å². The van der Waals surface area contributed by atoms with E-state index >= 15 is 0 Å². The van der Waals surface area contributed by atoms with E-state index in [0.717, 1.165) is 0 Å². The Morgan fingerprint density at radius 3 is 2.69 bits per heavy atom. The number of imide groups is 1. The third-order valence-corrected chi connectivity index (χ3v) is 4.11. The van der Waals surface area contributed by atoms with E-state index in [2.05, 4.69) is 20.7 Å². The fourth-order valence-corrected chi connectivity index (χ4v) is 2.79. The summed E-state index contributed by atoms with van der Waals surface area (Å²) in [6.45, 7) is 1.77. The molecule has 3 aromatic rings. The smallest absolute Gasteiger partial charge is 0.259 e. The molecule has 2 N–H and O–H groups in total. The number of fused-ring (bicyclic) bond motifs is 1. The third-order valence-electron chi connectivity index (χ3n) is 4.11. The van der Waals surface area contributed by atoms with Gasteiger partial charge in [-0.2, -0.15) is 5.10 Å². The van der Waals surface area contributed by atoms with Gasteiger partial charge < -0.3 is 5.32 Å². The van der Waals surface area contributed by atoms with Gasteiger partial charge in [0.25, 0.3) is 17.7 Å². The first-order valence-electron chi connectivity index (χ1n) is 7.81. The molecule has 0 bridgehead atoms. The minimum absolute atomic E-state index is 0.244. The Morgan fingerprint density at radius 1 is 1.12 bits per heavy atom. The molecule has 4 rings (SSSR count). The number of carbonyl (C=O) groups is 3. The fourth-order valence-electron chi connectivity index (χ4n) is 2.79. The highest BCUT2D eigenvalue weighted by Gasteiger charge is 2.27. The lowest BCUT2D eigenvalue weighted by molar-refractivity contribution is 0.0878. The molecule has 3 amide bonds. The molecular weight excluding hydrogens is 334 g/mol. The number of nitrogens with zero attached hydrogens (tertiary/aromatic N) is 3. The van der Waals surface area contributed by atoms with Crippen molar-refractivity contribution in [1.29, 1.82) is 0 Å². The van der Waals surface area contributed by atoms with Crippen LogP contribution in [-0.4, -0.2) is 32.5 Å². The highest BCUT2D eigenvalue weighted by atomic mass is 16.2. The zero-order valence-corrected chi connectivity index (χ0v) is 13.7. The molecule has 0 fully saturated rings. The van der Waals surface area contributed by atoms with E-state index in [9.17, 15) is 14.4 Å². The molecule has 1 aliphatic rings. The molecule has 1 aromatic carbocycles. The van der Waals surface area contributed by atoms with Crippen molar-refractivity contribution in [2.45, 2.75) is 6.92 Å². The van der Waals surface area contributed by atoms with Gasteiger partial charge in [0.2, 0.25) is 0 Å². The number of pyridine rings is 1. The van der Waals surface area contributed by atoms with Crippen LogP contribution in [0, 0.1) is 6.92 Å². The number of aromatic nitrogens is 3. The quantitative estimate of drug-likeness (QED) is 0.702. The molecule has 3 heterocycles. The summed E-state index contributed by atoms with van der Waals surface area (Å²) < 4.78 is 1.57. The van der Waals surface area contributed by atoms with Crippen LogP contribution in [0.2, 0.25) is 0 Å². The van der Waals surface area contributed by atoms with Crippen molar-refractivity contribution in [3.63, 3.8) is 0 Å².